The van der Waals surface area contributed by atoms with Crippen LogP contribution in [0.3, 0.4) is 0 Å². The molecule has 12 unspecified atom stereocenters. The van der Waals surface area contributed by atoms with Crippen molar-refractivity contribution < 1.29 is 84.7 Å². The van der Waals surface area contributed by atoms with Gasteiger partial charge in [0.1, 0.15) is 71.6 Å². The molecule has 0 bridgehead atoms. The van der Waals surface area contributed by atoms with Crippen LogP contribution in [0.5, 0.6) is 28.7 Å². The number of fused-ring (bicyclic) bond motifs is 1. The Morgan fingerprint density at radius 3 is 2.16 bits per heavy atom. The van der Waals surface area contributed by atoms with Crippen molar-refractivity contribution in [3.63, 3.8) is 0 Å². The van der Waals surface area contributed by atoms with Crippen molar-refractivity contribution in [2.45, 2.75) is 73.6 Å². The summed E-state index contributed by atoms with van der Waals surface area (Å²) in [6, 6.07) is 5.37. The molecule has 0 saturated carbocycles. The third-order valence-electron chi connectivity index (χ3n) is 7.67. The number of phenolic OH excluding ortho intramolecular Hbond substituents is 4. The van der Waals surface area contributed by atoms with Crippen LogP contribution in [0.1, 0.15) is 22.0 Å². The highest BCUT2D eigenvalue weighted by molar-refractivity contribution is 6.05. The Balaban J connectivity index is 1.43. The van der Waals surface area contributed by atoms with E-state index in [1.54, 1.807) is 0 Å². The van der Waals surface area contributed by atoms with Gasteiger partial charge < -0.3 is 79.9 Å². The molecule has 0 radical (unpaired) electrons. The standard InChI is InChI=1S/C27H32O17/c28-6-14-18(34)24(22(38)27(43-14)40-7-15-17(33)20(36)21(37)26(39)42-15)44-25-19(35)16-12(32)4-9(29)5-13(16)41-23(25)8-1-2-10(30)11(31)3-8/h1-5,14-15,17-18,20-34,36-39H,6-7H2. The van der Waals surface area contributed by atoms with Crippen molar-refractivity contribution in [2.75, 3.05) is 13.2 Å². The van der Waals surface area contributed by atoms with E-state index in [0.29, 0.717) is 0 Å². The summed E-state index contributed by atoms with van der Waals surface area (Å²) in [4.78, 5) is 13.7. The smallest absolute Gasteiger partial charge is 0.203 e. The third-order valence-corrected chi connectivity index (χ3v) is 7.67. The Bertz CT molecular complexity index is 1350. The molecule has 242 valence electrons. The molecule has 44 heavy (non-hydrogen) atoms. The summed E-state index contributed by atoms with van der Waals surface area (Å²) in [7, 11) is 0. The molecule has 12 atom stereocenters. The number of ketones is 1. The molecular formula is C27H32O17. The molecule has 17 heteroatoms. The first-order valence-corrected chi connectivity index (χ1v) is 13.4. The number of hydrogen-bond donors (Lipinski definition) is 11. The summed E-state index contributed by atoms with van der Waals surface area (Å²) >= 11 is 0. The van der Waals surface area contributed by atoms with E-state index >= 15 is 0 Å². The van der Waals surface area contributed by atoms with Crippen LogP contribution in [0.2, 0.25) is 0 Å². The quantitative estimate of drug-likeness (QED) is 0.135. The van der Waals surface area contributed by atoms with Gasteiger partial charge in [-0.25, -0.2) is 0 Å². The van der Waals surface area contributed by atoms with Gasteiger partial charge >= 0.3 is 0 Å². The van der Waals surface area contributed by atoms with Crippen LogP contribution in [-0.2, 0) is 18.9 Å². The van der Waals surface area contributed by atoms with Crippen molar-refractivity contribution in [3.05, 3.63) is 41.5 Å². The number of benzene rings is 2. The van der Waals surface area contributed by atoms with Gasteiger partial charge in [0.25, 0.3) is 0 Å². The first-order valence-electron chi connectivity index (χ1n) is 13.4. The molecule has 5 rings (SSSR count). The first-order chi connectivity index (χ1) is 20.8. The van der Waals surface area contributed by atoms with E-state index in [0.717, 1.165) is 24.3 Å². The van der Waals surface area contributed by atoms with Gasteiger partial charge in [0.2, 0.25) is 5.78 Å². The molecular weight excluding hydrogens is 596 g/mol. The van der Waals surface area contributed by atoms with E-state index in [1.165, 1.54) is 6.07 Å². The van der Waals surface area contributed by atoms with Crippen LogP contribution in [-0.4, -0.2) is 143 Å². The maximum atomic E-state index is 13.7. The highest BCUT2D eigenvalue weighted by Gasteiger charge is 2.51. The van der Waals surface area contributed by atoms with Crippen LogP contribution in [0.4, 0.5) is 0 Å². The molecule has 17 nitrogen and oxygen atoms in total. The van der Waals surface area contributed by atoms with Gasteiger partial charge in [-0.2, -0.15) is 0 Å². The maximum absolute atomic E-state index is 13.7. The number of aliphatic hydroxyl groups is 7. The van der Waals surface area contributed by atoms with Gasteiger partial charge in [-0.1, -0.05) is 6.07 Å². The number of Topliss-reactive ketones (excluding diaryl/α,β-unsaturated/α-hetero) is 1. The van der Waals surface area contributed by atoms with E-state index < -0.39 is 121 Å². The van der Waals surface area contributed by atoms with Crippen molar-refractivity contribution >= 4 is 5.78 Å². The zero-order valence-corrected chi connectivity index (χ0v) is 22.6. The Labute approximate surface area is 247 Å². The summed E-state index contributed by atoms with van der Waals surface area (Å²) in [5.41, 5.74) is -0.338. The fraction of sp³-hybridized carbons (Fsp3) is 0.519. The van der Waals surface area contributed by atoms with E-state index in [2.05, 4.69) is 0 Å². The van der Waals surface area contributed by atoms with Crippen LogP contribution in [0.25, 0.3) is 0 Å². The lowest BCUT2D eigenvalue weighted by Gasteiger charge is -2.45. The molecule has 0 amide bonds. The Morgan fingerprint density at radius 2 is 1.48 bits per heavy atom. The molecule has 0 aliphatic carbocycles. The SMILES string of the molecule is O=C1c2c(O)cc(O)cc2OC(c2ccc(O)c(O)c2)C1OC1C(O)C(CO)OC(OCC2OC(O)C(O)C(O)C2O)C1O. The summed E-state index contributed by atoms with van der Waals surface area (Å²) in [6.45, 7) is -1.47. The number of aromatic hydroxyl groups is 4. The molecule has 0 spiro atoms. The molecule has 11 N–H and O–H groups in total. The zero-order valence-electron chi connectivity index (χ0n) is 22.6. The van der Waals surface area contributed by atoms with E-state index in [-0.39, 0.29) is 11.3 Å². The maximum Gasteiger partial charge on any atom is 0.203 e. The van der Waals surface area contributed by atoms with Gasteiger partial charge in [0.05, 0.1) is 13.2 Å². The van der Waals surface area contributed by atoms with Crippen molar-refractivity contribution in [1.82, 2.24) is 0 Å². The van der Waals surface area contributed by atoms with Crippen LogP contribution < -0.4 is 4.74 Å². The van der Waals surface area contributed by atoms with Crippen molar-refractivity contribution in [3.8, 4) is 28.7 Å². The average Bonchev–Trinajstić information content (AvgIpc) is 2.98. The second-order valence-electron chi connectivity index (χ2n) is 10.6. The topological polar surface area (TPSA) is 286 Å². The van der Waals surface area contributed by atoms with Crippen LogP contribution >= 0.6 is 0 Å². The Hall–Kier alpha value is -3.33. The molecule has 3 aliphatic rings. The number of hydrogen-bond acceptors (Lipinski definition) is 17. The normalized spacial score (nSPS) is 37.3. The fourth-order valence-corrected chi connectivity index (χ4v) is 5.28. The van der Waals surface area contributed by atoms with E-state index in [4.69, 9.17) is 23.7 Å². The van der Waals surface area contributed by atoms with E-state index in [1.807, 2.05) is 0 Å². The van der Waals surface area contributed by atoms with Gasteiger partial charge in [0.15, 0.2) is 36.3 Å². The molecule has 2 aromatic carbocycles. The third kappa shape index (κ3) is 5.87. The van der Waals surface area contributed by atoms with Crippen LogP contribution in [0.15, 0.2) is 30.3 Å². The molecule has 2 saturated heterocycles. The minimum absolute atomic E-state index is 0.0671. The lowest BCUT2D eigenvalue weighted by molar-refractivity contribution is -0.332. The minimum Gasteiger partial charge on any atom is -0.508 e. The minimum atomic E-state index is -1.91. The number of carbonyl (C=O) groups excluding carboxylic acids is 1. The second-order valence-corrected chi connectivity index (χ2v) is 10.6. The predicted octanol–water partition coefficient (Wildman–Crippen LogP) is -3.17. The average molecular weight is 629 g/mol. The number of rotatable bonds is 7. The number of ether oxygens (including phenoxy) is 5. The summed E-state index contributed by atoms with van der Waals surface area (Å²) in [5.74, 6) is -3.38. The van der Waals surface area contributed by atoms with Gasteiger partial charge in [-0.15, -0.1) is 0 Å². The van der Waals surface area contributed by atoms with Gasteiger partial charge in [-0.05, 0) is 17.7 Å². The Kier molecular flexibility index (Phi) is 9.17. The molecule has 3 aliphatic heterocycles. The van der Waals surface area contributed by atoms with Gasteiger partial charge in [-0.3, -0.25) is 4.79 Å². The second kappa shape index (κ2) is 12.6. The van der Waals surface area contributed by atoms with Crippen molar-refractivity contribution in [1.29, 1.82) is 0 Å². The summed E-state index contributed by atoms with van der Waals surface area (Å²) in [6.07, 6.45) is -20.5. The van der Waals surface area contributed by atoms with Crippen LogP contribution in [0, 0.1) is 0 Å². The van der Waals surface area contributed by atoms with Gasteiger partial charge in [0, 0.05) is 12.1 Å². The number of phenols is 4. The highest BCUT2D eigenvalue weighted by atomic mass is 16.7. The molecule has 3 heterocycles. The van der Waals surface area contributed by atoms with E-state index in [9.17, 15) is 61.0 Å². The Morgan fingerprint density at radius 1 is 0.750 bits per heavy atom. The molecule has 2 fully saturated rings. The first kappa shape index (κ1) is 32.1. The molecule has 0 aromatic heterocycles. The largest absolute Gasteiger partial charge is 0.508 e. The lowest BCUT2D eigenvalue weighted by atomic mass is 9.91. The lowest BCUT2D eigenvalue weighted by Crippen LogP contribution is -2.63. The number of aliphatic hydroxyl groups excluding tert-OH is 7. The zero-order chi connectivity index (χ0) is 32.0. The summed E-state index contributed by atoms with van der Waals surface area (Å²) in [5, 5.41) is 112. The highest BCUT2D eigenvalue weighted by Crippen LogP contribution is 2.44. The fourth-order valence-electron chi connectivity index (χ4n) is 5.28. The number of carbonyl (C=O) groups is 1. The monoisotopic (exact) mass is 628 g/mol. The molecule has 2 aromatic rings. The van der Waals surface area contributed by atoms with Crippen molar-refractivity contribution in [2.24, 2.45) is 0 Å². The summed E-state index contributed by atoms with van der Waals surface area (Å²) < 4.78 is 27.7. The predicted molar refractivity (Wildman–Crippen MR) is 139 cm³/mol.